The molecule has 0 spiro atoms. The third-order valence-electron chi connectivity index (χ3n) is 2.80. The maximum atomic E-state index is 12.2. The summed E-state index contributed by atoms with van der Waals surface area (Å²) in [6.45, 7) is 12.0. The Hall–Kier alpha value is -0.130. The van der Waals surface area contributed by atoms with E-state index in [9.17, 15) is 8.42 Å². The second-order valence-corrected chi connectivity index (χ2v) is 8.35. The molecule has 0 bridgehead atoms. The lowest BCUT2D eigenvalue weighted by Crippen LogP contribution is -2.55. The minimum atomic E-state index is -3.14. The van der Waals surface area contributed by atoms with Gasteiger partial charge in [-0.3, -0.25) is 0 Å². The largest absolute Gasteiger partial charge is 0.315 e. The lowest BCUT2D eigenvalue weighted by atomic mass is 9.92. The van der Waals surface area contributed by atoms with Gasteiger partial charge in [0, 0.05) is 25.2 Å². The van der Waals surface area contributed by atoms with Gasteiger partial charge in [0.15, 0.2) is 0 Å². The maximum Gasteiger partial charge on any atom is 0.215 e. The van der Waals surface area contributed by atoms with Crippen molar-refractivity contribution in [3.05, 3.63) is 0 Å². The molecule has 0 unspecified atom stereocenters. The van der Waals surface area contributed by atoms with Gasteiger partial charge in [-0.15, -0.1) is 0 Å². The monoisotopic (exact) mass is 248 g/mol. The lowest BCUT2D eigenvalue weighted by Gasteiger charge is -2.41. The van der Waals surface area contributed by atoms with E-state index in [1.807, 2.05) is 20.8 Å². The summed E-state index contributed by atoms with van der Waals surface area (Å²) < 4.78 is 26.0. The fraction of sp³-hybridized carbons (Fsp3) is 1.00. The van der Waals surface area contributed by atoms with Crippen LogP contribution in [0.5, 0.6) is 0 Å². The molecule has 96 valence electrons. The molecule has 0 radical (unpaired) electrons. The molecule has 1 fully saturated rings. The van der Waals surface area contributed by atoms with Crippen molar-refractivity contribution >= 4 is 10.0 Å². The van der Waals surface area contributed by atoms with E-state index >= 15 is 0 Å². The molecule has 0 aliphatic carbocycles. The topological polar surface area (TPSA) is 49.4 Å². The summed E-state index contributed by atoms with van der Waals surface area (Å²) in [7, 11) is -3.14. The quantitative estimate of drug-likeness (QED) is 0.697. The average molecular weight is 248 g/mol. The van der Waals surface area contributed by atoms with Gasteiger partial charge in [0.05, 0.1) is 5.75 Å². The van der Waals surface area contributed by atoms with Crippen LogP contribution in [0.4, 0.5) is 0 Å². The smallest absolute Gasteiger partial charge is 0.215 e. The van der Waals surface area contributed by atoms with Crippen LogP contribution in [0.2, 0.25) is 0 Å². The minimum absolute atomic E-state index is 0.0270. The van der Waals surface area contributed by atoms with Gasteiger partial charge in [0.25, 0.3) is 0 Å². The summed E-state index contributed by atoms with van der Waals surface area (Å²) >= 11 is 0. The molecule has 1 heterocycles. The summed E-state index contributed by atoms with van der Waals surface area (Å²) in [6, 6.07) is 0. The number of sulfonamides is 1. The van der Waals surface area contributed by atoms with E-state index in [4.69, 9.17) is 0 Å². The van der Waals surface area contributed by atoms with Gasteiger partial charge >= 0.3 is 0 Å². The van der Waals surface area contributed by atoms with E-state index in [0.29, 0.717) is 13.1 Å². The Kier molecular flexibility index (Phi) is 3.72. The highest BCUT2D eigenvalue weighted by atomic mass is 32.2. The highest BCUT2D eigenvalue weighted by Gasteiger charge is 2.37. The molecule has 0 aromatic rings. The van der Waals surface area contributed by atoms with Gasteiger partial charge in [-0.25, -0.2) is 8.42 Å². The van der Waals surface area contributed by atoms with Crippen molar-refractivity contribution in [1.82, 2.24) is 9.62 Å². The molecule has 0 aromatic heterocycles. The standard InChI is InChI=1S/C11H24N2O2S/c1-10(2,3)13-9-11(4,5)8-12-6-7-16(13,14)15/h12H,6-9H2,1-5H3. The Balaban J connectivity index is 3.05. The van der Waals surface area contributed by atoms with Crippen LogP contribution in [0.3, 0.4) is 0 Å². The predicted molar refractivity (Wildman–Crippen MR) is 66.9 cm³/mol. The summed E-state index contributed by atoms with van der Waals surface area (Å²) in [5, 5.41) is 3.20. The summed E-state index contributed by atoms with van der Waals surface area (Å²) in [6.07, 6.45) is 0. The fourth-order valence-corrected chi connectivity index (χ4v) is 3.94. The minimum Gasteiger partial charge on any atom is -0.315 e. The summed E-state index contributed by atoms with van der Waals surface area (Å²) in [5.41, 5.74) is -0.367. The Labute approximate surface area is 99.5 Å². The molecule has 1 N–H and O–H groups in total. The number of hydrogen-bond acceptors (Lipinski definition) is 3. The molecule has 0 saturated carbocycles. The molecular formula is C11H24N2O2S. The summed E-state index contributed by atoms with van der Waals surface area (Å²) in [4.78, 5) is 0. The molecule has 1 saturated heterocycles. The maximum absolute atomic E-state index is 12.2. The van der Waals surface area contributed by atoms with Crippen LogP contribution in [-0.4, -0.2) is 43.6 Å². The first kappa shape index (κ1) is 13.9. The van der Waals surface area contributed by atoms with Crippen molar-refractivity contribution in [1.29, 1.82) is 0 Å². The summed E-state index contributed by atoms with van der Waals surface area (Å²) in [5.74, 6) is 0.195. The zero-order valence-electron chi connectivity index (χ0n) is 11.0. The highest BCUT2D eigenvalue weighted by molar-refractivity contribution is 7.89. The third-order valence-corrected chi connectivity index (χ3v) is 4.86. The zero-order valence-corrected chi connectivity index (χ0v) is 11.8. The van der Waals surface area contributed by atoms with E-state index in [1.165, 1.54) is 0 Å². The Morgan fingerprint density at radius 1 is 1.25 bits per heavy atom. The average Bonchev–Trinajstić information content (AvgIpc) is 2.05. The first-order chi connectivity index (χ1) is 7.05. The normalized spacial score (nSPS) is 27.1. The van der Waals surface area contributed by atoms with E-state index < -0.39 is 10.0 Å². The predicted octanol–water partition coefficient (Wildman–Crippen LogP) is 1.05. The van der Waals surface area contributed by atoms with Gasteiger partial charge in [0.2, 0.25) is 10.0 Å². The number of rotatable bonds is 0. The highest BCUT2D eigenvalue weighted by Crippen LogP contribution is 2.26. The second kappa shape index (κ2) is 4.27. The van der Waals surface area contributed by atoms with Crippen LogP contribution in [0.1, 0.15) is 34.6 Å². The first-order valence-corrected chi connectivity index (χ1v) is 7.37. The van der Waals surface area contributed by atoms with Crippen molar-refractivity contribution < 1.29 is 8.42 Å². The number of nitrogens with zero attached hydrogens (tertiary/aromatic N) is 1. The molecule has 0 aromatic carbocycles. The first-order valence-electron chi connectivity index (χ1n) is 5.76. The third kappa shape index (κ3) is 3.43. The van der Waals surface area contributed by atoms with Gasteiger partial charge in [-0.2, -0.15) is 4.31 Å². The number of nitrogens with one attached hydrogen (secondary N) is 1. The van der Waals surface area contributed by atoms with Gasteiger partial charge in [-0.1, -0.05) is 13.8 Å². The molecule has 5 heteroatoms. The number of hydrogen-bond donors (Lipinski definition) is 1. The molecular weight excluding hydrogens is 224 g/mol. The Morgan fingerprint density at radius 3 is 2.31 bits per heavy atom. The molecule has 1 aliphatic rings. The molecule has 16 heavy (non-hydrogen) atoms. The molecule has 1 rings (SSSR count). The van der Waals surface area contributed by atoms with E-state index in [-0.39, 0.29) is 16.7 Å². The zero-order chi connectivity index (χ0) is 12.6. The van der Waals surface area contributed by atoms with Crippen molar-refractivity contribution in [2.45, 2.75) is 40.2 Å². The van der Waals surface area contributed by atoms with Gasteiger partial charge in [0.1, 0.15) is 0 Å². The Bertz CT molecular complexity index is 341. The van der Waals surface area contributed by atoms with Crippen molar-refractivity contribution in [3.8, 4) is 0 Å². The van der Waals surface area contributed by atoms with E-state index in [2.05, 4.69) is 19.2 Å². The second-order valence-electron chi connectivity index (χ2n) is 6.33. The molecule has 0 amide bonds. The lowest BCUT2D eigenvalue weighted by molar-refractivity contribution is 0.167. The van der Waals surface area contributed by atoms with Crippen molar-refractivity contribution in [2.75, 3.05) is 25.4 Å². The molecule has 1 aliphatic heterocycles. The van der Waals surface area contributed by atoms with Crippen LogP contribution >= 0.6 is 0 Å². The van der Waals surface area contributed by atoms with Crippen molar-refractivity contribution in [2.24, 2.45) is 5.41 Å². The van der Waals surface area contributed by atoms with Crippen LogP contribution in [0.15, 0.2) is 0 Å². The van der Waals surface area contributed by atoms with Crippen LogP contribution < -0.4 is 5.32 Å². The fourth-order valence-electron chi connectivity index (χ4n) is 1.94. The van der Waals surface area contributed by atoms with E-state index in [0.717, 1.165) is 6.54 Å². The SMILES string of the molecule is CC1(C)CNCCS(=O)(=O)N(C(C)(C)C)C1. The molecule has 4 nitrogen and oxygen atoms in total. The molecule has 0 atom stereocenters. The van der Waals surface area contributed by atoms with Crippen LogP contribution in [0, 0.1) is 5.41 Å². The Morgan fingerprint density at radius 2 is 1.81 bits per heavy atom. The van der Waals surface area contributed by atoms with Gasteiger partial charge < -0.3 is 5.32 Å². The van der Waals surface area contributed by atoms with Crippen LogP contribution in [0.25, 0.3) is 0 Å². The van der Waals surface area contributed by atoms with Gasteiger partial charge in [-0.05, 0) is 26.2 Å². The van der Waals surface area contributed by atoms with E-state index in [1.54, 1.807) is 4.31 Å². The van der Waals surface area contributed by atoms with Crippen molar-refractivity contribution in [3.63, 3.8) is 0 Å². The van der Waals surface area contributed by atoms with Crippen LogP contribution in [-0.2, 0) is 10.0 Å².